The number of fused-ring (bicyclic) bond motifs is 1. The summed E-state index contributed by atoms with van der Waals surface area (Å²) in [5, 5.41) is 5.97. The second-order valence-corrected chi connectivity index (χ2v) is 6.71. The summed E-state index contributed by atoms with van der Waals surface area (Å²) in [5.74, 6) is 0.298. The molecule has 0 radical (unpaired) electrons. The van der Waals surface area contributed by atoms with Crippen LogP contribution in [-0.4, -0.2) is 27.7 Å². The molecule has 1 fully saturated rings. The fourth-order valence-corrected chi connectivity index (χ4v) is 3.88. The Hall–Kier alpha value is -1.34. The van der Waals surface area contributed by atoms with Crippen molar-refractivity contribution in [2.24, 2.45) is 0 Å². The van der Waals surface area contributed by atoms with Gasteiger partial charge in [0.1, 0.15) is 4.83 Å². The lowest BCUT2D eigenvalue weighted by Gasteiger charge is -2.11. The Bertz CT molecular complexity index is 674. The summed E-state index contributed by atoms with van der Waals surface area (Å²) in [6, 6.07) is 2.09. The van der Waals surface area contributed by atoms with Gasteiger partial charge in [0.05, 0.1) is 11.1 Å². The van der Waals surface area contributed by atoms with E-state index < -0.39 is 0 Å². The first-order valence-corrected chi connectivity index (χ1v) is 8.48. The number of hydrogen-bond donors (Lipinski definition) is 2. The number of H-pyrrole nitrogens is 1. The van der Waals surface area contributed by atoms with Gasteiger partial charge < -0.3 is 10.3 Å². The maximum Gasteiger partial charge on any atom is 0.260 e. The monoisotopic (exact) mass is 309 g/mol. The molecule has 3 rings (SSSR count). The largest absolute Gasteiger partial charge is 0.353 e. The molecular weight excluding hydrogens is 294 g/mol. The Labute approximate surface area is 124 Å². The van der Waals surface area contributed by atoms with E-state index in [2.05, 4.69) is 15.3 Å². The SMILES string of the molecule is O=C(CSc1nc2sccc2c(=O)[nH]1)NC1CCCC1. The summed E-state index contributed by atoms with van der Waals surface area (Å²) in [5.41, 5.74) is -0.144. The number of amides is 1. The van der Waals surface area contributed by atoms with Crippen molar-refractivity contribution in [2.75, 3.05) is 5.75 Å². The summed E-state index contributed by atoms with van der Waals surface area (Å²) >= 11 is 2.70. The highest BCUT2D eigenvalue weighted by Crippen LogP contribution is 2.20. The normalized spacial score (nSPS) is 15.8. The lowest BCUT2D eigenvalue weighted by Crippen LogP contribution is -2.33. The summed E-state index contributed by atoms with van der Waals surface area (Å²) < 4.78 is 0. The van der Waals surface area contributed by atoms with Gasteiger partial charge in [-0.05, 0) is 24.3 Å². The molecule has 5 nitrogen and oxygen atoms in total. The molecule has 1 saturated carbocycles. The van der Waals surface area contributed by atoms with Crippen molar-refractivity contribution >= 4 is 39.2 Å². The minimum absolute atomic E-state index is 0.0100. The predicted molar refractivity (Wildman–Crippen MR) is 81.4 cm³/mol. The second-order valence-electron chi connectivity index (χ2n) is 4.85. The minimum Gasteiger partial charge on any atom is -0.353 e. The van der Waals surface area contributed by atoms with E-state index in [4.69, 9.17) is 0 Å². The molecule has 0 saturated heterocycles. The molecule has 0 unspecified atom stereocenters. The van der Waals surface area contributed by atoms with E-state index in [9.17, 15) is 9.59 Å². The van der Waals surface area contributed by atoms with E-state index in [1.165, 1.54) is 35.9 Å². The van der Waals surface area contributed by atoms with E-state index in [-0.39, 0.29) is 17.2 Å². The van der Waals surface area contributed by atoms with E-state index in [0.717, 1.165) is 12.8 Å². The topological polar surface area (TPSA) is 74.8 Å². The van der Waals surface area contributed by atoms with Crippen LogP contribution in [0.4, 0.5) is 0 Å². The Balaban J connectivity index is 1.61. The molecule has 0 aromatic carbocycles. The summed E-state index contributed by atoms with van der Waals surface area (Å²) in [7, 11) is 0. The molecule has 1 aliphatic carbocycles. The van der Waals surface area contributed by atoms with Crippen molar-refractivity contribution in [1.29, 1.82) is 0 Å². The van der Waals surface area contributed by atoms with Gasteiger partial charge >= 0.3 is 0 Å². The van der Waals surface area contributed by atoms with Crippen LogP contribution >= 0.6 is 23.1 Å². The molecule has 7 heteroatoms. The van der Waals surface area contributed by atoms with Crippen molar-refractivity contribution < 1.29 is 4.79 Å². The molecular formula is C13H15N3O2S2. The van der Waals surface area contributed by atoms with Gasteiger partial charge in [0.25, 0.3) is 5.56 Å². The van der Waals surface area contributed by atoms with Crippen LogP contribution in [0.5, 0.6) is 0 Å². The number of nitrogens with one attached hydrogen (secondary N) is 2. The van der Waals surface area contributed by atoms with Crippen LogP contribution in [0.3, 0.4) is 0 Å². The number of aromatic nitrogens is 2. The van der Waals surface area contributed by atoms with Crippen LogP contribution in [0.1, 0.15) is 25.7 Å². The van der Waals surface area contributed by atoms with Crippen LogP contribution in [-0.2, 0) is 4.79 Å². The number of thioether (sulfide) groups is 1. The zero-order chi connectivity index (χ0) is 13.9. The lowest BCUT2D eigenvalue weighted by atomic mass is 10.2. The highest BCUT2D eigenvalue weighted by Gasteiger charge is 2.17. The Morgan fingerprint density at radius 1 is 1.50 bits per heavy atom. The van der Waals surface area contributed by atoms with Crippen molar-refractivity contribution in [1.82, 2.24) is 15.3 Å². The predicted octanol–water partition coefficient (Wildman–Crippen LogP) is 2.14. The maximum absolute atomic E-state index is 11.8. The fourth-order valence-electron chi connectivity index (χ4n) is 2.39. The number of thiophene rings is 1. The third-order valence-corrected chi connectivity index (χ3v) is 5.05. The first-order chi connectivity index (χ1) is 9.72. The van der Waals surface area contributed by atoms with Gasteiger partial charge in [0.2, 0.25) is 5.91 Å². The molecule has 20 heavy (non-hydrogen) atoms. The van der Waals surface area contributed by atoms with Crippen molar-refractivity contribution in [2.45, 2.75) is 36.9 Å². The van der Waals surface area contributed by atoms with Crippen LogP contribution in [0.2, 0.25) is 0 Å². The summed E-state index contributed by atoms with van der Waals surface area (Å²) in [4.78, 5) is 31.4. The van der Waals surface area contributed by atoms with Gasteiger partial charge in [-0.3, -0.25) is 9.59 Å². The quantitative estimate of drug-likeness (QED) is 0.670. The highest BCUT2D eigenvalue weighted by molar-refractivity contribution is 7.99. The lowest BCUT2D eigenvalue weighted by molar-refractivity contribution is -0.119. The van der Waals surface area contributed by atoms with Crippen LogP contribution in [0.25, 0.3) is 10.2 Å². The second kappa shape index (κ2) is 5.97. The number of rotatable bonds is 4. The summed E-state index contributed by atoms with van der Waals surface area (Å²) in [6.45, 7) is 0. The van der Waals surface area contributed by atoms with Crippen LogP contribution in [0, 0.1) is 0 Å². The number of carbonyl (C=O) groups is 1. The van der Waals surface area contributed by atoms with Crippen molar-refractivity contribution in [3.05, 3.63) is 21.8 Å². The Kier molecular flexibility index (Phi) is 4.07. The standard InChI is InChI=1S/C13H15N3O2S2/c17-10(14-8-3-1-2-4-8)7-20-13-15-11(18)9-5-6-19-12(9)16-13/h5-6,8H,1-4,7H2,(H,14,17)(H,15,16,18). The minimum atomic E-state index is -0.144. The van der Waals surface area contributed by atoms with Crippen LogP contribution in [0.15, 0.2) is 21.4 Å². The zero-order valence-electron chi connectivity index (χ0n) is 10.8. The zero-order valence-corrected chi connectivity index (χ0v) is 12.5. The number of carbonyl (C=O) groups excluding carboxylic acids is 1. The summed E-state index contributed by atoms with van der Waals surface area (Å²) in [6.07, 6.45) is 4.54. The molecule has 2 aromatic rings. The van der Waals surface area contributed by atoms with E-state index in [1.807, 2.05) is 5.38 Å². The van der Waals surface area contributed by atoms with Crippen molar-refractivity contribution in [3.63, 3.8) is 0 Å². The molecule has 0 spiro atoms. The molecule has 0 atom stereocenters. The van der Waals surface area contributed by atoms with Gasteiger partial charge in [-0.15, -0.1) is 11.3 Å². The molecule has 2 heterocycles. The third kappa shape index (κ3) is 3.04. The van der Waals surface area contributed by atoms with E-state index in [1.54, 1.807) is 6.07 Å². The smallest absolute Gasteiger partial charge is 0.260 e. The molecule has 0 bridgehead atoms. The van der Waals surface area contributed by atoms with Gasteiger partial charge in [0.15, 0.2) is 5.16 Å². The molecule has 1 amide bonds. The first kappa shape index (κ1) is 13.6. The average Bonchev–Trinajstić information content (AvgIpc) is 3.07. The van der Waals surface area contributed by atoms with Gasteiger partial charge in [-0.2, -0.15) is 0 Å². The average molecular weight is 309 g/mol. The number of nitrogens with zero attached hydrogens (tertiary/aromatic N) is 1. The maximum atomic E-state index is 11.8. The van der Waals surface area contributed by atoms with Gasteiger partial charge in [-0.1, -0.05) is 24.6 Å². The molecule has 2 aromatic heterocycles. The van der Waals surface area contributed by atoms with Crippen LogP contribution < -0.4 is 10.9 Å². The number of aromatic amines is 1. The highest BCUT2D eigenvalue weighted by atomic mass is 32.2. The van der Waals surface area contributed by atoms with Crippen molar-refractivity contribution in [3.8, 4) is 0 Å². The molecule has 2 N–H and O–H groups in total. The molecule has 106 valence electrons. The fraction of sp³-hybridized carbons (Fsp3) is 0.462. The third-order valence-electron chi connectivity index (χ3n) is 3.37. The first-order valence-electron chi connectivity index (χ1n) is 6.62. The number of hydrogen-bond acceptors (Lipinski definition) is 5. The Morgan fingerprint density at radius 3 is 3.10 bits per heavy atom. The van der Waals surface area contributed by atoms with Gasteiger partial charge in [0, 0.05) is 6.04 Å². The Morgan fingerprint density at radius 2 is 2.30 bits per heavy atom. The van der Waals surface area contributed by atoms with E-state index >= 15 is 0 Å². The molecule has 1 aliphatic rings. The van der Waals surface area contributed by atoms with E-state index in [0.29, 0.717) is 21.4 Å². The van der Waals surface area contributed by atoms with Gasteiger partial charge in [-0.25, -0.2) is 4.98 Å². The molecule has 0 aliphatic heterocycles.